The molecule has 1 N–H and O–H groups in total. The number of aryl methyl sites for hydroxylation is 1. The van der Waals surface area contributed by atoms with Gasteiger partial charge in [-0.05, 0) is 37.5 Å². The summed E-state index contributed by atoms with van der Waals surface area (Å²) in [5.74, 6) is -2.59. The van der Waals surface area contributed by atoms with Gasteiger partial charge in [-0.15, -0.1) is 0 Å². The number of hydrogen-bond acceptors (Lipinski definition) is 4. The molecule has 2 aromatic rings. The second-order valence-electron chi connectivity index (χ2n) is 8.27. The Bertz CT molecular complexity index is 1030. The molecule has 2 aliphatic heterocycles. The molecule has 0 bridgehead atoms. The van der Waals surface area contributed by atoms with Crippen molar-refractivity contribution < 1.29 is 32.7 Å². The van der Waals surface area contributed by atoms with Gasteiger partial charge in [0.2, 0.25) is 5.91 Å². The Balaban J connectivity index is 0.000000383. The molecule has 1 atom stereocenters. The second-order valence-corrected chi connectivity index (χ2v) is 8.27. The van der Waals surface area contributed by atoms with Crippen molar-refractivity contribution in [2.24, 2.45) is 5.41 Å². The van der Waals surface area contributed by atoms with Gasteiger partial charge in [-0.1, -0.05) is 29.8 Å². The molecule has 1 spiro atoms. The van der Waals surface area contributed by atoms with Crippen molar-refractivity contribution in [1.29, 1.82) is 0 Å². The first-order valence-electron chi connectivity index (χ1n) is 10.4. The number of carbonyl (C=O) groups is 3. The van der Waals surface area contributed by atoms with Gasteiger partial charge in [0, 0.05) is 38.6 Å². The Hall–Kier alpha value is -3.43. The van der Waals surface area contributed by atoms with Gasteiger partial charge in [0.05, 0.1) is 11.0 Å². The predicted octanol–water partition coefficient (Wildman–Crippen LogP) is 3.29. The van der Waals surface area contributed by atoms with Crippen LogP contribution >= 0.6 is 0 Å². The lowest BCUT2D eigenvalue weighted by molar-refractivity contribution is -0.192. The number of aromatic nitrogens is 1. The molecule has 2 amide bonds. The van der Waals surface area contributed by atoms with Gasteiger partial charge < -0.3 is 14.9 Å². The third kappa shape index (κ3) is 5.68. The van der Waals surface area contributed by atoms with E-state index in [0.717, 1.165) is 24.9 Å². The zero-order valence-corrected chi connectivity index (χ0v) is 18.0. The summed E-state index contributed by atoms with van der Waals surface area (Å²) in [4.78, 5) is 42.4. The highest BCUT2D eigenvalue weighted by molar-refractivity contribution is 5.95. The SMILES string of the molecule is Cc1cccc(CN2CCC3(CCN(C(=O)c4cccnc4)C3)C2=O)c1.O=C(O)C(F)(F)F. The van der Waals surface area contributed by atoms with E-state index < -0.39 is 17.6 Å². The van der Waals surface area contributed by atoms with E-state index in [4.69, 9.17) is 9.90 Å². The Labute approximate surface area is 188 Å². The maximum absolute atomic E-state index is 13.1. The van der Waals surface area contributed by atoms with Crippen LogP contribution in [-0.2, 0) is 16.1 Å². The van der Waals surface area contributed by atoms with Crippen LogP contribution in [0.25, 0.3) is 0 Å². The number of rotatable bonds is 3. The maximum atomic E-state index is 13.1. The Morgan fingerprint density at radius 2 is 1.85 bits per heavy atom. The zero-order valence-electron chi connectivity index (χ0n) is 18.0. The van der Waals surface area contributed by atoms with E-state index in [1.165, 1.54) is 5.56 Å². The fraction of sp³-hybridized carbons (Fsp3) is 0.391. The summed E-state index contributed by atoms with van der Waals surface area (Å²) in [5.41, 5.74) is 2.56. The fourth-order valence-electron chi connectivity index (χ4n) is 4.17. The monoisotopic (exact) mass is 463 g/mol. The maximum Gasteiger partial charge on any atom is 0.490 e. The molecule has 0 radical (unpaired) electrons. The molecule has 176 valence electrons. The van der Waals surface area contributed by atoms with Crippen molar-refractivity contribution in [1.82, 2.24) is 14.8 Å². The van der Waals surface area contributed by atoms with Gasteiger partial charge in [-0.3, -0.25) is 14.6 Å². The predicted molar refractivity (Wildman–Crippen MR) is 112 cm³/mol. The summed E-state index contributed by atoms with van der Waals surface area (Å²) in [7, 11) is 0. The lowest BCUT2D eigenvalue weighted by Gasteiger charge is -2.24. The molecule has 1 aromatic heterocycles. The van der Waals surface area contributed by atoms with E-state index in [1.54, 1.807) is 24.5 Å². The Morgan fingerprint density at radius 3 is 2.45 bits per heavy atom. The number of likely N-dealkylation sites (tertiary alicyclic amines) is 2. The van der Waals surface area contributed by atoms with Crippen LogP contribution in [0.1, 0.15) is 34.3 Å². The van der Waals surface area contributed by atoms with Crippen LogP contribution in [0.2, 0.25) is 0 Å². The number of aliphatic carboxylic acids is 1. The molecule has 33 heavy (non-hydrogen) atoms. The number of carbonyl (C=O) groups excluding carboxylic acids is 2. The zero-order chi connectivity index (χ0) is 24.2. The van der Waals surface area contributed by atoms with Gasteiger partial charge in [-0.25, -0.2) is 4.79 Å². The summed E-state index contributed by atoms with van der Waals surface area (Å²) < 4.78 is 31.7. The molecule has 10 heteroatoms. The van der Waals surface area contributed by atoms with Crippen LogP contribution in [0.15, 0.2) is 48.8 Å². The van der Waals surface area contributed by atoms with Crippen LogP contribution < -0.4 is 0 Å². The number of hydrogen-bond donors (Lipinski definition) is 1. The average Bonchev–Trinajstić information content (AvgIpc) is 3.33. The van der Waals surface area contributed by atoms with Gasteiger partial charge in [0.15, 0.2) is 0 Å². The Morgan fingerprint density at radius 1 is 1.15 bits per heavy atom. The highest BCUT2D eigenvalue weighted by Crippen LogP contribution is 2.41. The van der Waals surface area contributed by atoms with Crippen molar-refractivity contribution >= 4 is 17.8 Å². The van der Waals surface area contributed by atoms with E-state index in [1.807, 2.05) is 15.9 Å². The molecule has 0 aliphatic carbocycles. The van der Waals surface area contributed by atoms with E-state index in [9.17, 15) is 22.8 Å². The molecule has 2 aliphatic rings. The molecule has 2 fully saturated rings. The molecular weight excluding hydrogens is 439 g/mol. The summed E-state index contributed by atoms with van der Waals surface area (Å²) in [6.07, 6.45) is -0.254. The Kier molecular flexibility index (Phi) is 7.04. The quantitative estimate of drug-likeness (QED) is 0.755. The number of alkyl halides is 3. The number of amides is 2. The third-order valence-electron chi connectivity index (χ3n) is 5.85. The van der Waals surface area contributed by atoms with Crippen molar-refractivity contribution in [2.45, 2.75) is 32.5 Å². The van der Waals surface area contributed by atoms with Crippen LogP contribution in [0.4, 0.5) is 13.2 Å². The lowest BCUT2D eigenvalue weighted by atomic mass is 9.85. The van der Waals surface area contributed by atoms with Gasteiger partial charge in [-0.2, -0.15) is 13.2 Å². The average molecular weight is 463 g/mol. The molecule has 4 rings (SSSR count). The second kappa shape index (κ2) is 9.60. The summed E-state index contributed by atoms with van der Waals surface area (Å²) in [6, 6.07) is 11.8. The lowest BCUT2D eigenvalue weighted by Crippen LogP contribution is -2.38. The molecule has 0 saturated carbocycles. The fourth-order valence-corrected chi connectivity index (χ4v) is 4.17. The summed E-state index contributed by atoms with van der Waals surface area (Å²) in [5, 5.41) is 7.12. The number of pyridine rings is 1. The number of benzene rings is 1. The minimum absolute atomic E-state index is 0.0279. The standard InChI is InChI=1S/C21H23N3O2.C2HF3O2/c1-16-4-2-5-17(12-16)14-23-10-7-21(20(23)26)8-11-24(15-21)19(25)18-6-3-9-22-13-18;3-2(4,5)1(6)7/h2-6,9,12-13H,7-8,10-11,14-15H2,1H3;(H,6,7). The molecule has 3 heterocycles. The van der Waals surface area contributed by atoms with Crippen LogP contribution in [-0.4, -0.2) is 63.5 Å². The van der Waals surface area contributed by atoms with E-state index >= 15 is 0 Å². The highest BCUT2D eigenvalue weighted by atomic mass is 19.4. The summed E-state index contributed by atoms with van der Waals surface area (Å²) >= 11 is 0. The van der Waals surface area contributed by atoms with Crippen molar-refractivity contribution in [3.8, 4) is 0 Å². The van der Waals surface area contributed by atoms with Crippen LogP contribution in [0.5, 0.6) is 0 Å². The van der Waals surface area contributed by atoms with Gasteiger partial charge in [0.1, 0.15) is 0 Å². The minimum atomic E-state index is -5.08. The third-order valence-corrected chi connectivity index (χ3v) is 5.85. The smallest absolute Gasteiger partial charge is 0.475 e. The van der Waals surface area contributed by atoms with Crippen molar-refractivity contribution in [2.75, 3.05) is 19.6 Å². The number of halogens is 3. The van der Waals surface area contributed by atoms with Crippen LogP contribution in [0.3, 0.4) is 0 Å². The van der Waals surface area contributed by atoms with E-state index in [2.05, 4.69) is 30.1 Å². The van der Waals surface area contributed by atoms with Gasteiger partial charge >= 0.3 is 12.1 Å². The normalized spacial score (nSPS) is 20.1. The highest BCUT2D eigenvalue weighted by Gasteiger charge is 2.51. The van der Waals surface area contributed by atoms with Gasteiger partial charge in [0.25, 0.3) is 5.91 Å². The first-order valence-corrected chi connectivity index (χ1v) is 10.4. The van der Waals surface area contributed by atoms with Crippen molar-refractivity contribution in [3.63, 3.8) is 0 Å². The van der Waals surface area contributed by atoms with Crippen molar-refractivity contribution in [3.05, 3.63) is 65.5 Å². The molecule has 7 nitrogen and oxygen atoms in total. The molecule has 1 aromatic carbocycles. The minimum Gasteiger partial charge on any atom is -0.475 e. The topological polar surface area (TPSA) is 90.8 Å². The molecule has 2 saturated heterocycles. The summed E-state index contributed by atoms with van der Waals surface area (Å²) in [6.45, 7) is 4.64. The molecular formula is C23H24F3N3O4. The number of carboxylic acid groups (broad SMARTS) is 1. The van der Waals surface area contributed by atoms with E-state index in [0.29, 0.717) is 25.2 Å². The van der Waals surface area contributed by atoms with E-state index in [-0.39, 0.29) is 11.8 Å². The largest absolute Gasteiger partial charge is 0.490 e. The first kappa shape index (κ1) is 24.2. The van der Waals surface area contributed by atoms with Crippen LogP contribution in [0, 0.1) is 12.3 Å². The first-order chi connectivity index (χ1) is 15.5. The molecule has 1 unspecified atom stereocenters. The number of carboxylic acids is 1. The number of nitrogens with zero attached hydrogens (tertiary/aromatic N) is 3.